The summed E-state index contributed by atoms with van der Waals surface area (Å²) in [5.74, 6) is -0.469. The molecule has 0 spiro atoms. The number of rotatable bonds is 1. The van der Waals surface area contributed by atoms with Gasteiger partial charge in [-0.25, -0.2) is 4.39 Å². The lowest BCUT2D eigenvalue weighted by Gasteiger charge is -2.35. The molecule has 0 aromatic heterocycles. The van der Waals surface area contributed by atoms with Crippen LogP contribution in [-0.2, 0) is 10.2 Å². The van der Waals surface area contributed by atoms with Crippen molar-refractivity contribution >= 4 is 11.6 Å². The summed E-state index contributed by atoms with van der Waals surface area (Å²) < 4.78 is 17.9. The van der Waals surface area contributed by atoms with Crippen LogP contribution in [0, 0.1) is 17.1 Å². The minimum absolute atomic E-state index is 0.0454. The number of nitriles is 1. The summed E-state index contributed by atoms with van der Waals surface area (Å²) in [5, 5.41) is 9.03. The quantitative estimate of drug-likeness (QED) is 0.714. The molecule has 2 nitrogen and oxygen atoms in total. The van der Waals surface area contributed by atoms with Crippen LogP contribution in [0.3, 0.4) is 0 Å². The Kier molecular flexibility index (Phi) is 2.18. The zero-order chi connectivity index (χ0) is 10.2. The van der Waals surface area contributed by atoms with E-state index in [4.69, 9.17) is 21.6 Å². The molecule has 1 heterocycles. The Morgan fingerprint density at radius 1 is 1.50 bits per heavy atom. The second kappa shape index (κ2) is 3.23. The maximum absolute atomic E-state index is 12.9. The lowest BCUT2D eigenvalue weighted by Crippen LogP contribution is -2.45. The Morgan fingerprint density at radius 2 is 2.21 bits per heavy atom. The fraction of sp³-hybridized carbons (Fsp3) is 0.300. The highest BCUT2D eigenvalue weighted by Crippen LogP contribution is 2.33. The predicted octanol–water partition coefficient (Wildman–Crippen LogP) is 2.27. The van der Waals surface area contributed by atoms with Crippen LogP contribution in [0.25, 0.3) is 0 Å². The van der Waals surface area contributed by atoms with Crippen molar-refractivity contribution in [3.63, 3.8) is 0 Å². The second-order valence-corrected chi connectivity index (χ2v) is 3.72. The van der Waals surface area contributed by atoms with Crippen LogP contribution >= 0.6 is 11.6 Å². The Labute approximate surface area is 85.9 Å². The largest absolute Gasteiger partial charge is 0.377 e. The molecule has 14 heavy (non-hydrogen) atoms. The van der Waals surface area contributed by atoms with Gasteiger partial charge in [-0.05, 0) is 17.7 Å². The van der Waals surface area contributed by atoms with E-state index in [1.165, 1.54) is 12.1 Å². The van der Waals surface area contributed by atoms with Crippen molar-refractivity contribution in [2.75, 3.05) is 13.2 Å². The third-order valence-electron chi connectivity index (χ3n) is 2.38. The van der Waals surface area contributed by atoms with E-state index < -0.39 is 11.2 Å². The molecule has 0 unspecified atom stereocenters. The minimum atomic E-state index is -0.628. The summed E-state index contributed by atoms with van der Waals surface area (Å²) in [7, 11) is 0. The highest BCUT2D eigenvalue weighted by Gasteiger charge is 2.41. The SMILES string of the molecule is N#CC1(c2ccc(F)c(Cl)c2)COC1. The molecular formula is C10H7ClFNO. The molecule has 0 N–H and O–H groups in total. The molecule has 1 aromatic carbocycles. The normalized spacial score (nSPS) is 18.4. The highest BCUT2D eigenvalue weighted by atomic mass is 35.5. The van der Waals surface area contributed by atoms with Crippen molar-refractivity contribution in [2.45, 2.75) is 5.41 Å². The van der Waals surface area contributed by atoms with Gasteiger partial charge in [0.2, 0.25) is 0 Å². The maximum atomic E-state index is 12.9. The molecule has 0 saturated carbocycles. The topological polar surface area (TPSA) is 33.0 Å². The van der Waals surface area contributed by atoms with Gasteiger partial charge in [-0.15, -0.1) is 0 Å². The molecule has 1 aliphatic rings. The van der Waals surface area contributed by atoms with E-state index in [9.17, 15) is 4.39 Å². The highest BCUT2D eigenvalue weighted by molar-refractivity contribution is 6.30. The molecule has 0 bridgehead atoms. The van der Waals surface area contributed by atoms with Crippen molar-refractivity contribution in [3.8, 4) is 6.07 Å². The van der Waals surface area contributed by atoms with Gasteiger partial charge in [0.15, 0.2) is 0 Å². The van der Waals surface area contributed by atoms with E-state index >= 15 is 0 Å². The van der Waals surface area contributed by atoms with Crippen molar-refractivity contribution in [3.05, 3.63) is 34.6 Å². The molecule has 1 aliphatic heterocycles. The molecule has 1 fully saturated rings. The molecule has 0 amide bonds. The summed E-state index contributed by atoms with van der Waals surface area (Å²) in [6.45, 7) is 0.705. The summed E-state index contributed by atoms with van der Waals surface area (Å²) in [6, 6.07) is 6.51. The monoisotopic (exact) mass is 211 g/mol. The first-order valence-corrected chi connectivity index (χ1v) is 4.50. The average molecular weight is 212 g/mol. The van der Waals surface area contributed by atoms with Gasteiger partial charge in [-0.2, -0.15) is 5.26 Å². The predicted molar refractivity (Wildman–Crippen MR) is 49.5 cm³/mol. The van der Waals surface area contributed by atoms with E-state index in [1.807, 2.05) is 0 Å². The van der Waals surface area contributed by atoms with Gasteiger partial charge in [0.05, 0.1) is 24.3 Å². The summed E-state index contributed by atoms with van der Waals surface area (Å²) in [5.41, 5.74) is 0.0924. The van der Waals surface area contributed by atoms with Gasteiger partial charge in [0, 0.05) is 0 Å². The zero-order valence-electron chi connectivity index (χ0n) is 7.26. The van der Waals surface area contributed by atoms with Crippen molar-refractivity contribution in [1.82, 2.24) is 0 Å². The van der Waals surface area contributed by atoms with E-state index in [0.717, 1.165) is 5.56 Å². The fourth-order valence-electron chi connectivity index (χ4n) is 1.40. The van der Waals surface area contributed by atoms with E-state index in [-0.39, 0.29) is 5.02 Å². The lowest BCUT2D eigenvalue weighted by molar-refractivity contribution is -0.0298. The van der Waals surface area contributed by atoms with Crippen LogP contribution in [0.15, 0.2) is 18.2 Å². The molecule has 72 valence electrons. The number of nitrogens with zero attached hydrogens (tertiary/aromatic N) is 1. The van der Waals surface area contributed by atoms with Gasteiger partial charge in [0.1, 0.15) is 11.2 Å². The molecular weight excluding hydrogens is 205 g/mol. The molecule has 0 atom stereocenters. The van der Waals surface area contributed by atoms with Crippen molar-refractivity contribution in [1.29, 1.82) is 5.26 Å². The Hall–Kier alpha value is -1.11. The lowest BCUT2D eigenvalue weighted by atomic mass is 9.80. The van der Waals surface area contributed by atoms with Crippen LogP contribution in [0.5, 0.6) is 0 Å². The molecule has 1 aromatic rings. The third kappa shape index (κ3) is 1.28. The molecule has 2 rings (SSSR count). The van der Waals surface area contributed by atoms with E-state index in [2.05, 4.69) is 6.07 Å². The van der Waals surface area contributed by atoms with Gasteiger partial charge < -0.3 is 4.74 Å². The third-order valence-corrected chi connectivity index (χ3v) is 2.67. The Balaban J connectivity index is 2.42. The Morgan fingerprint density at radius 3 is 2.64 bits per heavy atom. The van der Waals surface area contributed by atoms with Gasteiger partial charge in [0.25, 0.3) is 0 Å². The van der Waals surface area contributed by atoms with Crippen LogP contribution in [0.2, 0.25) is 5.02 Å². The standard InChI is InChI=1S/C10H7ClFNO/c11-8-3-7(1-2-9(8)12)10(4-13)5-14-6-10/h1-3H,5-6H2. The second-order valence-electron chi connectivity index (χ2n) is 3.32. The van der Waals surface area contributed by atoms with Gasteiger partial charge in [-0.3, -0.25) is 0 Å². The first-order chi connectivity index (χ1) is 6.68. The van der Waals surface area contributed by atoms with Gasteiger partial charge in [-0.1, -0.05) is 17.7 Å². The average Bonchev–Trinajstić information content (AvgIpc) is 2.10. The Bertz CT molecular complexity index is 409. The minimum Gasteiger partial charge on any atom is -0.377 e. The maximum Gasteiger partial charge on any atom is 0.141 e. The van der Waals surface area contributed by atoms with E-state index in [0.29, 0.717) is 13.2 Å². The molecule has 0 aliphatic carbocycles. The zero-order valence-corrected chi connectivity index (χ0v) is 8.01. The number of hydrogen-bond donors (Lipinski definition) is 0. The number of ether oxygens (including phenoxy) is 1. The summed E-state index contributed by atoms with van der Waals surface area (Å²) >= 11 is 5.63. The molecule has 0 radical (unpaired) electrons. The first-order valence-electron chi connectivity index (χ1n) is 4.12. The summed E-state index contributed by atoms with van der Waals surface area (Å²) in [6.07, 6.45) is 0. The van der Waals surface area contributed by atoms with Crippen molar-refractivity contribution in [2.24, 2.45) is 0 Å². The first kappa shape index (κ1) is 9.45. The smallest absolute Gasteiger partial charge is 0.141 e. The van der Waals surface area contributed by atoms with Crippen molar-refractivity contribution < 1.29 is 9.13 Å². The molecule has 4 heteroatoms. The van der Waals surface area contributed by atoms with E-state index in [1.54, 1.807) is 6.07 Å². The van der Waals surface area contributed by atoms with Crippen LogP contribution < -0.4 is 0 Å². The fourth-order valence-corrected chi connectivity index (χ4v) is 1.58. The number of hydrogen-bond acceptors (Lipinski definition) is 2. The molecule has 1 saturated heterocycles. The van der Waals surface area contributed by atoms with Crippen LogP contribution in [-0.4, -0.2) is 13.2 Å². The number of halogens is 2. The number of benzene rings is 1. The van der Waals surface area contributed by atoms with Crippen LogP contribution in [0.4, 0.5) is 4.39 Å². The van der Waals surface area contributed by atoms with Crippen LogP contribution in [0.1, 0.15) is 5.56 Å². The summed E-state index contributed by atoms with van der Waals surface area (Å²) in [4.78, 5) is 0. The van der Waals surface area contributed by atoms with Gasteiger partial charge >= 0.3 is 0 Å².